The zero-order valence-corrected chi connectivity index (χ0v) is 18.2. The smallest absolute Gasteiger partial charge is 0.283 e. The molecule has 0 fully saturated rings. The number of allylic oxidation sites excluding steroid dienone is 2. The summed E-state index contributed by atoms with van der Waals surface area (Å²) in [7, 11) is 1.49. The van der Waals surface area contributed by atoms with Crippen molar-refractivity contribution in [3.63, 3.8) is 0 Å². The molecule has 0 unspecified atom stereocenters. The highest BCUT2D eigenvalue weighted by molar-refractivity contribution is 8.14. The lowest BCUT2D eigenvalue weighted by Crippen LogP contribution is -2.31. The van der Waals surface area contributed by atoms with Crippen molar-refractivity contribution in [3.05, 3.63) is 64.3 Å². The molecule has 3 rings (SSSR count). The van der Waals surface area contributed by atoms with Crippen LogP contribution >= 0.6 is 23.4 Å². The average molecular weight is 457 g/mol. The van der Waals surface area contributed by atoms with E-state index in [1.54, 1.807) is 36.4 Å². The van der Waals surface area contributed by atoms with Crippen LogP contribution in [0.2, 0.25) is 5.02 Å². The molecular formula is C21H17ClN4O4S. The van der Waals surface area contributed by atoms with Gasteiger partial charge in [-0.3, -0.25) is 14.5 Å². The Morgan fingerprint density at radius 2 is 2.23 bits per heavy atom. The van der Waals surface area contributed by atoms with Crippen LogP contribution in [0.25, 0.3) is 6.08 Å². The zero-order valence-electron chi connectivity index (χ0n) is 16.6. The number of thioether (sulfide) groups is 1. The van der Waals surface area contributed by atoms with E-state index < -0.39 is 11.7 Å². The van der Waals surface area contributed by atoms with Crippen molar-refractivity contribution in [2.24, 2.45) is 10.7 Å². The number of carbonyl (C=O) groups is 2. The largest absolute Gasteiger partial charge is 0.495 e. The van der Waals surface area contributed by atoms with Gasteiger partial charge in [0.05, 0.1) is 29.8 Å². The predicted molar refractivity (Wildman–Crippen MR) is 120 cm³/mol. The van der Waals surface area contributed by atoms with Gasteiger partial charge in [-0.05, 0) is 37.3 Å². The van der Waals surface area contributed by atoms with E-state index in [0.717, 1.165) is 11.8 Å². The molecule has 10 heteroatoms. The maximum Gasteiger partial charge on any atom is 0.283 e. The van der Waals surface area contributed by atoms with E-state index in [1.165, 1.54) is 31.3 Å². The second kappa shape index (κ2) is 9.55. The minimum atomic E-state index is -0.459. The highest BCUT2D eigenvalue weighted by atomic mass is 35.5. The molecule has 2 aromatic rings. The number of ether oxygens (including phenoxy) is 1. The van der Waals surface area contributed by atoms with E-state index in [0.29, 0.717) is 22.2 Å². The Labute approximate surface area is 187 Å². The molecular weight excluding hydrogens is 440 g/mol. The normalized spacial score (nSPS) is 15.5. The number of amidine groups is 1. The van der Waals surface area contributed by atoms with Gasteiger partial charge in [0, 0.05) is 11.8 Å². The highest BCUT2D eigenvalue weighted by Crippen LogP contribution is 2.34. The molecule has 0 saturated carbocycles. The van der Waals surface area contributed by atoms with Gasteiger partial charge in [-0.15, -0.1) is 0 Å². The number of amides is 1. The maximum atomic E-state index is 13.1. The number of Topliss-reactive ketones (excluding diaryl/α,β-unsaturated/α-hetero) is 1. The quantitative estimate of drug-likeness (QED) is 0.518. The Kier molecular flexibility index (Phi) is 6.84. The number of anilines is 1. The number of nitriles is 1. The molecule has 158 valence electrons. The van der Waals surface area contributed by atoms with Gasteiger partial charge < -0.3 is 14.9 Å². The van der Waals surface area contributed by atoms with E-state index in [-0.39, 0.29) is 27.9 Å². The number of carbonyl (C=O) groups excluding carboxylic acids is 2. The van der Waals surface area contributed by atoms with E-state index >= 15 is 0 Å². The number of aliphatic imine (C=N–C) groups is 1. The molecule has 0 saturated heterocycles. The first-order valence-electron chi connectivity index (χ1n) is 8.90. The average Bonchev–Trinajstić information content (AvgIpc) is 3.35. The minimum Gasteiger partial charge on any atom is -0.495 e. The molecule has 0 aliphatic carbocycles. The van der Waals surface area contributed by atoms with Crippen molar-refractivity contribution in [2.75, 3.05) is 17.8 Å². The van der Waals surface area contributed by atoms with Crippen LogP contribution in [-0.2, 0) is 9.59 Å². The summed E-state index contributed by atoms with van der Waals surface area (Å²) in [5, 5.41) is 9.70. The molecule has 2 heterocycles. The first kappa shape index (κ1) is 22.2. The number of benzene rings is 1. The maximum absolute atomic E-state index is 13.1. The van der Waals surface area contributed by atoms with Crippen LogP contribution in [0.1, 0.15) is 12.7 Å². The number of nitrogens with zero attached hydrogens (tertiary/aromatic N) is 3. The second-order valence-corrected chi connectivity index (χ2v) is 7.63. The molecule has 1 aromatic carbocycles. The Balaban J connectivity index is 1.95. The Bertz CT molecular complexity index is 1160. The van der Waals surface area contributed by atoms with Crippen LogP contribution in [0.4, 0.5) is 5.69 Å². The first-order valence-corrected chi connectivity index (χ1v) is 10.3. The second-order valence-electron chi connectivity index (χ2n) is 6.28. The van der Waals surface area contributed by atoms with E-state index in [9.17, 15) is 9.59 Å². The number of nitrogens with two attached hydrogens (primary N) is 1. The topological polar surface area (TPSA) is 122 Å². The summed E-state index contributed by atoms with van der Waals surface area (Å²) in [4.78, 5) is 31.2. The molecule has 1 amide bonds. The van der Waals surface area contributed by atoms with Crippen molar-refractivity contribution in [2.45, 2.75) is 6.92 Å². The molecule has 1 aromatic heterocycles. The van der Waals surface area contributed by atoms with Gasteiger partial charge in [-0.25, -0.2) is 4.99 Å². The summed E-state index contributed by atoms with van der Waals surface area (Å²) in [6, 6.07) is 10.0. The SMILES string of the molecule is COc1ccc(N2C(=O)/C(=C\c3ccco3)N=C2SCC(=O)/C(C#N)=C(\C)N)cc1Cl. The summed E-state index contributed by atoms with van der Waals surface area (Å²) in [6.07, 6.45) is 2.98. The van der Waals surface area contributed by atoms with E-state index in [4.69, 9.17) is 31.8 Å². The fraction of sp³-hybridized carbons (Fsp3) is 0.143. The molecule has 0 radical (unpaired) electrons. The number of halogens is 1. The third kappa shape index (κ3) is 4.82. The van der Waals surface area contributed by atoms with Gasteiger partial charge in [-0.2, -0.15) is 5.26 Å². The third-order valence-corrected chi connectivity index (χ3v) is 5.40. The van der Waals surface area contributed by atoms with Crippen molar-refractivity contribution in [1.82, 2.24) is 0 Å². The summed E-state index contributed by atoms with van der Waals surface area (Å²) in [5.74, 6) is -0.0992. The number of ketones is 1. The first-order chi connectivity index (χ1) is 14.8. The van der Waals surface area contributed by atoms with E-state index in [1.807, 2.05) is 0 Å². The van der Waals surface area contributed by atoms with Crippen molar-refractivity contribution in [1.29, 1.82) is 5.26 Å². The third-order valence-electron chi connectivity index (χ3n) is 4.16. The Morgan fingerprint density at radius 3 is 2.81 bits per heavy atom. The number of methoxy groups -OCH3 is 1. The molecule has 0 spiro atoms. The van der Waals surface area contributed by atoms with Crippen molar-refractivity contribution >= 4 is 52.0 Å². The van der Waals surface area contributed by atoms with Gasteiger partial charge in [0.1, 0.15) is 28.8 Å². The predicted octanol–water partition coefficient (Wildman–Crippen LogP) is 3.74. The summed E-state index contributed by atoms with van der Waals surface area (Å²) >= 11 is 7.24. The van der Waals surface area contributed by atoms with Gasteiger partial charge >= 0.3 is 0 Å². The highest BCUT2D eigenvalue weighted by Gasteiger charge is 2.33. The van der Waals surface area contributed by atoms with Gasteiger partial charge in [-0.1, -0.05) is 23.4 Å². The summed E-state index contributed by atoms with van der Waals surface area (Å²) in [6.45, 7) is 1.48. The van der Waals surface area contributed by atoms with Crippen LogP contribution in [0.5, 0.6) is 5.75 Å². The Morgan fingerprint density at radius 1 is 1.45 bits per heavy atom. The molecule has 8 nitrogen and oxygen atoms in total. The number of furan rings is 1. The number of hydrogen-bond acceptors (Lipinski definition) is 8. The van der Waals surface area contributed by atoms with Crippen LogP contribution < -0.4 is 15.4 Å². The molecule has 31 heavy (non-hydrogen) atoms. The van der Waals surface area contributed by atoms with Crippen molar-refractivity contribution in [3.8, 4) is 11.8 Å². The van der Waals surface area contributed by atoms with Crippen LogP contribution in [0.15, 0.2) is 63.0 Å². The fourth-order valence-electron chi connectivity index (χ4n) is 2.70. The summed E-state index contributed by atoms with van der Waals surface area (Å²) < 4.78 is 10.4. The van der Waals surface area contributed by atoms with Crippen LogP contribution in [0.3, 0.4) is 0 Å². The van der Waals surface area contributed by atoms with Crippen LogP contribution in [0, 0.1) is 11.3 Å². The molecule has 0 atom stereocenters. The number of hydrogen-bond donors (Lipinski definition) is 1. The zero-order chi connectivity index (χ0) is 22.5. The summed E-state index contributed by atoms with van der Waals surface area (Å²) in [5.41, 5.74) is 6.19. The molecule has 1 aliphatic rings. The Hall–Kier alpha value is -3.48. The lowest BCUT2D eigenvalue weighted by atomic mass is 10.2. The lowest BCUT2D eigenvalue weighted by Gasteiger charge is -2.18. The van der Waals surface area contributed by atoms with E-state index in [2.05, 4.69) is 4.99 Å². The lowest BCUT2D eigenvalue weighted by molar-refractivity contribution is -0.114. The standard InChI is InChI=1S/C21H17ClN4O4S/c1-12(24)15(10-23)18(27)11-31-21-25-17(9-14-4-3-7-30-14)20(28)26(21)13-5-6-19(29-2)16(22)8-13/h3-9H,11,24H2,1-2H3/b15-12+,17-9+. The number of rotatable bonds is 6. The van der Waals surface area contributed by atoms with Gasteiger partial charge in [0.15, 0.2) is 11.0 Å². The fourth-order valence-corrected chi connectivity index (χ4v) is 3.83. The van der Waals surface area contributed by atoms with Gasteiger partial charge in [0.25, 0.3) is 5.91 Å². The monoisotopic (exact) mass is 456 g/mol. The van der Waals surface area contributed by atoms with Crippen LogP contribution in [-0.4, -0.2) is 29.7 Å². The molecule has 0 bridgehead atoms. The molecule has 2 N–H and O–H groups in total. The van der Waals surface area contributed by atoms with Gasteiger partial charge in [0.2, 0.25) is 0 Å². The minimum absolute atomic E-state index is 0.122. The molecule has 1 aliphatic heterocycles. The van der Waals surface area contributed by atoms with Crippen molar-refractivity contribution < 1.29 is 18.7 Å².